The summed E-state index contributed by atoms with van der Waals surface area (Å²) in [6.45, 7) is 5.74. The molecule has 0 spiro atoms. The highest BCUT2D eigenvalue weighted by atomic mass is 32.2. The summed E-state index contributed by atoms with van der Waals surface area (Å²) in [7, 11) is 0. The van der Waals surface area contributed by atoms with Gasteiger partial charge in [-0.1, -0.05) is 0 Å². The van der Waals surface area contributed by atoms with Crippen molar-refractivity contribution in [1.29, 1.82) is 0 Å². The molecule has 1 saturated heterocycles. The minimum Gasteiger partial charge on any atom is -0.272 e. The average molecular weight is 203 g/mol. The van der Waals surface area contributed by atoms with Crippen LogP contribution in [0.1, 0.15) is 33.6 Å². The summed E-state index contributed by atoms with van der Waals surface area (Å²) < 4.78 is 0. The molecule has 1 aliphatic heterocycles. The number of thioether (sulfide) groups is 1. The minimum atomic E-state index is -0.307. The van der Waals surface area contributed by atoms with E-state index in [1.165, 1.54) is 0 Å². The number of amides is 1. The maximum atomic E-state index is 11.4. The molecule has 0 aromatic carbocycles. The predicted molar refractivity (Wildman–Crippen MR) is 54.5 cm³/mol. The van der Waals surface area contributed by atoms with E-state index in [0.29, 0.717) is 0 Å². The van der Waals surface area contributed by atoms with Crippen molar-refractivity contribution in [2.45, 2.75) is 44.5 Å². The topological polar surface area (TPSA) is 38.3 Å². The highest BCUT2D eigenvalue weighted by Gasteiger charge is 2.24. The maximum Gasteiger partial charge on any atom is 0.256 e. The second-order valence-corrected chi connectivity index (χ2v) is 5.49. The van der Waals surface area contributed by atoms with E-state index in [2.05, 4.69) is 5.48 Å². The van der Waals surface area contributed by atoms with E-state index in [0.717, 1.165) is 18.6 Å². The first-order chi connectivity index (χ1) is 5.99. The number of hydroxylamine groups is 1. The van der Waals surface area contributed by atoms with Gasteiger partial charge < -0.3 is 0 Å². The molecule has 76 valence electrons. The number of carbonyl (C=O) groups is 1. The van der Waals surface area contributed by atoms with Crippen LogP contribution in [0, 0.1) is 0 Å². The fourth-order valence-electron chi connectivity index (χ4n) is 1.05. The first-order valence-electron chi connectivity index (χ1n) is 4.58. The lowest BCUT2D eigenvalue weighted by atomic mass is 10.2. The van der Waals surface area contributed by atoms with Gasteiger partial charge in [0.05, 0.1) is 10.9 Å². The number of hydrogen-bond acceptors (Lipinski definition) is 3. The lowest BCUT2D eigenvalue weighted by Crippen LogP contribution is -2.37. The fourth-order valence-corrected chi connectivity index (χ4v) is 2.20. The molecule has 0 radical (unpaired) electrons. The van der Waals surface area contributed by atoms with E-state index in [1.807, 2.05) is 20.8 Å². The molecule has 3 nitrogen and oxygen atoms in total. The summed E-state index contributed by atoms with van der Waals surface area (Å²) in [6, 6.07) is 0. The Kier molecular flexibility index (Phi) is 3.62. The maximum absolute atomic E-state index is 11.4. The zero-order chi connectivity index (χ0) is 9.90. The van der Waals surface area contributed by atoms with Crippen LogP contribution in [0.15, 0.2) is 0 Å². The van der Waals surface area contributed by atoms with Crippen LogP contribution in [0.25, 0.3) is 0 Å². The summed E-state index contributed by atoms with van der Waals surface area (Å²) in [5.41, 5.74) is 2.20. The zero-order valence-corrected chi connectivity index (χ0v) is 9.24. The molecule has 1 amide bonds. The number of nitrogens with one attached hydrogen (secondary N) is 1. The third-order valence-corrected chi connectivity index (χ3v) is 3.06. The second kappa shape index (κ2) is 4.33. The number of hydrogen-bond donors (Lipinski definition) is 1. The van der Waals surface area contributed by atoms with Gasteiger partial charge >= 0.3 is 0 Å². The third kappa shape index (κ3) is 4.00. The zero-order valence-electron chi connectivity index (χ0n) is 8.42. The second-order valence-electron chi connectivity index (χ2n) is 4.18. The molecule has 1 heterocycles. The molecule has 4 heteroatoms. The Hall–Kier alpha value is -0.220. The van der Waals surface area contributed by atoms with Gasteiger partial charge in [-0.2, -0.15) is 0 Å². The van der Waals surface area contributed by atoms with Gasteiger partial charge in [-0.15, -0.1) is 11.8 Å². The lowest BCUT2D eigenvalue weighted by Gasteiger charge is -2.20. The van der Waals surface area contributed by atoms with Crippen LogP contribution in [0.5, 0.6) is 0 Å². The summed E-state index contributed by atoms with van der Waals surface area (Å²) in [5, 5.41) is 0.0994. The van der Waals surface area contributed by atoms with Crippen molar-refractivity contribution in [3.05, 3.63) is 0 Å². The molecule has 13 heavy (non-hydrogen) atoms. The quantitative estimate of drug-likeness (QED) is 0.695. The average Bonchev–Trinajstić information content (AvgIpc) is 2.50. The molecule has 1 N–H and O–H groups in total. The first kappa shape index (κ1) is 10.9. The molecule has 1 aliphatic rings. The Labute approximate surface area is 83.6 Å². The predicted octanol–water partition coefficient (Wildman–Crippen LogP) is 1.73. The molecule has 0 bridgehead atoms. The Balaban J connectivity index is 2.25. The van der Waals surface area contributed by atoms with Gasteiger partial charge in [0, 0.05) is 0 Å². The molecular formula is C9H17NO2S. The first-order valence-corrected chi connectivity index (χ1v) is 5.63. The smallest absolute Gasteiger partial charge is 0.256 e. The molecule has 0 aromatic rings. The number of rotatable bonds is 2. The van der Waals surface area contributed by atoms with Crippen molar-refractivity contribution in [2.24, 2.45) is 0 Å². The summed E-state index contributed by atoms with van der Waals surface area (Å²) >= 11 is 1.71. The Morgan fingerprint density at radius 2 is 2.23 bits per heavy atom. The lowest BCUT2D eigenvalue weighted by molar-refractivity contribution is -0.145. The van der Waals surface area contributed by atoms with Gasteiger partial charge in [0.1, 0.15) is 0 Å². The molecule has 1 fully saturated rings. The van der Waals surface area contributed by atoms with Crippen LogP contribution in [0.2, 0.25) is 0 Å². The van der Waals surface area contributed by atoms with E-state index >= 15 is 0 Å². The van der Waals surface area contributed by atoms with Crippen molar-refractivity contribution in [2.75, 3.05) is 5.75 Å². The molecule has 1 rings (SSSR count). The molecule has 0 saturated carbocycles. The van der Waals surface area contributed by atoms with Gasteiger partial charge in [0.15, 0.2) is 0 Å². The van der Waals surface area contributed by atoms with Gasteiger partial charge in [-0.25, -0.2) is 5.48 Å². The van der Waals surface area contributed by atoms with Gasteiger partial charge in [-0.05, 0) is 39.4 Å². The van der Waals surface area contributed by atoms with Crippen LogP contribution in [-0.2, 0) is 9.63 Å². The molecule has 1 atom stereocenters. The van der Waals surface area contributed by atoms with Gasteiger partial charge in [0.2, 0.25) is 0 Å². The Bertz CT molecular complexity index is 183. The SMILES string of the molecule is CC(C)(C)ONC(=O)C1CCCS1. The van der Waals surface area contributed by atoms with Crippen molar-refractivity contribution >= 4 is 17.7 Å². The highest BCUT2D eigenvalue weighted by molar-refractivity contribution is 8.00. The summed E-state index contributed by atoms with van der Waals surface area (Å²) in [5.74, 6) is 1.10. The van der Waals surface area contributed by atoms with Crippen molar-refractivity contribution < 1.29 is 9.63 Å². The van der Waals surface area contributed by atoms with Gasteiger partial charge in [-0.3, -0.25) is 9.63 Å². The Morgan fingerprint density at radius 3 is 2.69 bits per heavy atom. The van der Waals surface area contributed by atoms with Crippen molar-refractivity contribution in [3.63, 3.8) is 0 Å². The van der Waals surface area contributed by atoms with Crippen LogP contribution < -0.4 is 5.48 Å². The third-order valence-electron chi connectivity index (χ3n) is 1.68. The van der Waals surface area contributed by atoms with Crippen LogP contribution in [0.3, 0.4) is 0 Å². The van der Waals surface area contributed by atoms with E-state index in [9.17, 15) is 4.79 Å². The van der Waals surface area contributed by atoms with E-state index < -0.39 is 0 Å². The van der Waals surface area contributed by atoms with E-state index in [1.54, 1.807) is 11.8 Å². The van der Waals surface area contributed by atoms with E-state index in [4.69, 9.17) is 4.84 Å². The van der Waals surface area contributed by atoms with Crippen LogP contribution in [-0.4, -0.2) is 22.5 Å². The Morgan fingerprint density at radius 1 is 1.54 bits per heavy atom. The molecular weight excluding hydrogens is 186 g/mol. The molecule has 0 aromatic heterocycles. The molecule has 0 aliphatic carbocycles. The normalized spacial score (nSPS) is 23.2. The van der Waals surface area contributed by atoms with E-state index in [-0.39, 0.29) is 16.8 Å². The van der Waals surface area contributed by atoms with Crippen molar-refractivity contribution in [3.8, 4) is 0 Å². The number of carbonyl (C=O) groups excluding carboxylic acids is 1. The minimum absolute atomic E-state index is 0.0115. The molecule has 1 unspecified atom stereocenters. The van der Waals surface area contributed by atoms with Gasteiger partial charge in [0.25, 0.3) is 5.91 Å². The summed E-state index contributed by atoms with van der Waals surface area (Å²) in [4.78, 5) is 16.6. The van der Waals surface area contributed by atoms with Crippen molar-refractivity contribution in [1.82, 2.24) is 5.48 Å². The van der Waals surface area contributed by atoms with Crippen LogP contribution >= 0.6 is 11.8 Å². The monoisotopic (exact) mass is 203 g/mol. The summed E-state index contributed by atoms with van der Waals surface area (Å²) in [6.07, 6.45) is 2.11. The fraction of sp³-hybridized carbons (Fsp3) is 0.889. The largest absolute Gasteiger partial charge is 0.272 e. The standard InChI is InChI=1S/C9H17NO2S/c1-9(2,3)12-10-8(11)7-5-4-6-13-7/h7H,4-6H2,1-3H3,(H,10,11). The van der Waals surface area contributed by atoms with Crippen LogP contribution in [0.4, 0.5) is 0 Å². The highest BCUT2D eigenvalue weighted by Crippen LogP contribution is 2.26.